The number of hydrogen-bond acceptors (Lipinski definition) is 4. The third-order valence-corrected chi connectivity index (χ3v) is 8.10. The zero-order valence-corrected chi connectivity index (χ0v) is 22.0. The average Bonchev–Trinajstić information content (AvgIpc) is 2.87. The van der Waals surface area contributed by atoms with Gasteiger partial charge in [-0.2, -0.15) is 0 Å². The van der Waals surface area contributed by atoms with Gasteiger partial charge in [0.15, 0.2) is 0 Å². The Morgan fingerprint density at radius 2 is 1.81 bits per heavy atom. The Morgan fingerprint density at radius 1 is 1.00 bits per heavy atom. The van der Waals surface area contributed by atoms with Gasteiger partial charge in [0.25, 0.3) is 11.8 Å². The fourth-order valence-corrected chi connectivity index (χ4v) is 6.02. The normalized spacial score (nSPS) is 19.0. The molecule has 2 aliphatic rings. The lowest BCUT2D eigenvalue weighted by Crippen LogP contribution is -2.53. The second-order valence-electron chi connectivity index (χ2n) is 9.65. The molecule has 5 nitrogen and oxygen atoms in total. The number of benzene rings is 3. The van der Waals surface area contributed by atoms with Crippen molar-refractivity contribution < 1.29 is 9.59 Å². The molecule has 5 rings (SSSR count). The van der Waals surface area contributed by atoms with Gasteiger partial charge in [-0.05, 0) is 73.9 Å². The van der Waals surface area contributed by atoms with Crippen molar-refractivity contribution in [2.24, 2.45) is 0 Å². The summed E-state index contributed by atoms with van der Waals surface area (Å²) in [4.78, 5) is 34.2. The molecule has 6 heteroatoms. The lowest BCUT2D eigenvalue weighted by atomic mass is 10.1. The molecule has 2 amide bonds. The molecule has 2 aliphatic heterocycles. The molecule has 0 N–H and O–H groups in total. The minimum Gasteiger partial charge on any atom is -0.365 e. The summed E-state index contributed by atoms with van der Waals surface area (Å²) in [6, 6.07) is 22.5. The first-order valence-corrected chi connectivity index (χ1v) is 13.1. The summed E-state index contributed by atoms with van der Waals surface area (Å²) in [5.74, 6) is -0.0404. The molecule has 184 valence electrons. The van der Waals surface area contributed by atoms with Gasteiger partial charge in [-0.25, -0.2) is 0 Å². The summed E-state index contributed by atoms with van der Waals surface area (Å²) < 4.78 is 0. The Labute approximate surface area is 217 Å². The predicted molar refractivity (Wildman–Crippen MR) is 149 cm³/mol. The van der Waals surface area contributed by atoms with Crippen LogP contribution in [0.4, 0.5) is 11.4 Å². The van der Waals surface area contributed by atoms with E-state index < -0.39 is 0 Å². The van der Waals surface area contributed by atoms with Crippen molar-refractivity contribution in [1.82, 2.24) is 4.90 Å². The quantitative estimate of drug-likeness (QED) is 0.431. The lowest BCUT2D eigenvalue weighted by Gasteiger charge is -2.41. The highest BCUT2D eigenvalue weighted by Gasteiger charge is 2.30. The molecule has 0 bridgehead atoms. The summed E-state index contributed by atoms with van der Waals surface area (Å²) in [6.07, 6.45) is 1.95. The van der Waals surface area contributed by atoms with E-state index in [0.717, 1.165) is 28.3 Å². The number of carbonyl (C=O) groups is 2. The zero-order valence-electron chi connectivity index (χ0n) is 21.2. The molecule has 3 aromatic rings. The summed E-state index contributed by atoms with van der Waals surface area (Å²) in [5.41, 5.74) is 6.01. The second-order valence-corrected chi connectivity index (χ2v) is 10.7. The van der Waals surface area contributed by atoms with Crippen LogP contribution in [0.1, 0.15) is 34.0 Å². The van der Waals surface area contributed by atoms with E-state index >= 15 is 0 Å². The Morgan fingerprint density at radius 3 is 2.56 bits per heavy atom. The van der Waals surface area contributed by atoms with Crippen LogP contribution in [-0.2, 0) is 4.79 Å². The van der Waals surface area contributed by atoms with Crippen molar-refractivity contribution in [2.45, 2.75) is 31.7 Å². The molecule has 0 spiro atoms. The number of anilines is 2. The molecule has 0 saturated carbocycles. The summed E-state index contributed by atoms with van der Waals surface area (Å²) in [6.45, 7) is 8.44. The van der Waals surface area contributed by atoms with Gasteiger partial charge in [-0.1, -0.05) is 48.2 Å². The molecule has 0 aliphatic carbocycles. The maximum Gasteiger partial charge on any atom is 0.264 e. The monoisotopic (exact) mass is 497 g/mol. The lowest BCUT2D eigenvalue weighted by molar-refractivity contribution is -0.114. The van der Waals surface area contributed by atoms with Gasteiger partial charge in [0.1, 0.15) is 0 Å². The van der Waals surface area contributed by atoms with Gasteiger partial charge in [-0.15, -0.1) is 0 Å². The first-order chi connectivity index (χ1) is 17.3. The van der Waals surface area contributed by atoms with Crippen LogP contribution in [0.3, 0.4) is 0 Å². The molecule has 3 aromatic carbocycles. The van der Waals surface area contributed by atoms with Crippen LogP contribution in [-0.4, -0.2) is 49.4 Å². The summed E-state index contributed by atoms with van der Waals surface area (Å²) >= 11 is 1.47. The van der Waals surface area contributed by atoms with Gasteiger partial charge in [0.05, 0.1) is 10.6 Å². The summed E-state index contributed by atoms with van der Waals surface area (Å²) in [7, 11) is 1.78. The number of hydrogen-bond donors (Lipinski definition) is 0. The number of likely N-dealkylation sites (N-methyl/N-ethyl adjacent to an activating group) is 1. The number of aryl methyl sites for hydroxylation is 2. The standard InChI is InChI=1S/C30H31N3O2S/c1-20-8-7-11-25(16-20)33-15-14-32(19-22(33)3)29(34)24-12-13-27-26(17-24)31(4)30(35)28(36-27)18-23-10-6-5-9-21(23)2/h5-13,16-18,22H,14-15,19H2,1-4H3/b28-18-/t22-/m0/s1. The Kier molecular flexibility index (Phi) is 6.63. The molecule has 0 aromatic heterocycles. The van der Waals surface area contributed by atoms with Crippen LogP contribution < -0.4 is 9.80 Å². The maximum atomic E-state index is 13.4. The molecule has 0 unspecified atom stereocenters. The van der Waals surface area contributed by atoms with Gasteiger partial charge in [0.2, 0.25) is 0 Å². The van der Waals surface area contributed by atoms with Crippen molar-refractivity contribution in [3.05, 3.63) is 93.9 Å². The number of thioether (sulfide) groups is 1. The minimum absolute atomic E-state index is 0.0145. The number of amides is 2. The van der Waals surface area contributed by atoms with Gasteiger partial charge in [0, 0.05) is 48.9 Å². The largest absolute Gasteiger partial charge is 0.365 e. The fraction of sp³-hybridized carbons (Fsp3) is 0.267. The first kappa shape index (κ1) is 24.2. The summed E-state index contributed by atoms with van der Waals surface area (Å²) in [5, 5.41) is 0. The number of fused-ring (bicyclic) bond motifs is 1. The van der Waals surface area contributed by atoms with E-state index in [1.807, 2.05) is 60.4 Å². The van der Waals surface area contributed by atoms with Gasteiger partial charge >= 0.3 is 0 Å². The molecule has 2 heterocycles. The minimum atomic E-state index is -0.0549. The predicted octanol–water partition coefficient (Wildman–Crippen LogP) is 5.76. The smallest absolute Gasteiger partial charge is 0.264 e. The molecular weight excluding hydrogens is 466 g/mol. The molecule has 1 atom stereocenters. The van der Waals surface area contributed by atoms with Crippen molar-refractivity contribution in [2.75, 3.05) is 36.5 Å². The van der Waals surface area contributed by atoms with Crippen LogP contribution in [0.15, 0.2) is 76.5 Å². The van der Waals surface area contributed by atoms with E-state index in [1.54, 1.807) is 11.9 Å². The molecule has 0 radical (unpaired) electrons. The van der Waals surface area contributed by atoms with Crippen LogP contribution in [0.25, 0.3) is 6.08 Å². The molecule has 1 fully saturated rings. The van der Waals surface area contributed by atoms with Gasteiger partial charge < -0.3 is 14.7 Å². The maximum absolute atomic E-state index is 13.4. The molecule has 1 saturated heterocycles. The third-order valence-electron chi connectivity index (χ3n) is 7.03. The van der Waals surface area contributed by atoms with Crippen LogP contribution >= 0.6 is 11.8 Å². The number of nitrogens with zero attached hydrogens (tertiary/aromatic N) is 3. The first-order valence-electron chi connectivity index (χ1n) is 12.3. The SMILES string of the molecule is Cc1cccc(N2CCN(C(=O)c3ccc4c(c3)N(C)C(=O)/C(=C/c3ccccc3C)S4)C[C@@H]2C)c1. The second kappa shape index (κ2) is 9.86. The zero-order chi connectivity index (χ0) is 25.4. The third kappa shape index (κ3) is 4.65. The Bertz CT molecular complexity index is 1370. The van der Waals surface area contributed by atoms with Crippen molar-refractivity contribution in [1.29, 1.82) is 0 Å². The van der Waals surface area contributed by atoms with Crippen molar-refractivity contribution >= 4 is 41.0 Å². The topological polar surface area (TPSA) is 43.9 Å². The average molecular weight is 498 g/mol. The van der Waals surface area contributed by atoms with Crippen LogP contribution in [0.2, 0.25) is 0 Å². The fourth-order valence-electron chi connectivity index (χ4n) is 4.93. The highest BCUT2D eigenvalue weighted by molar-refractivity contribution is 8.04. The Balaban J connectivity index is 1.34. The molecule has 36 heavy (non-hydrogen) atoms. The highest BCUT2D eigenvalue weighted by Crippen LogP contribution is 2.42. The number of carbonyl (C=O) groups excluding carboxylic acids is 2. The van der Waals surface area contributed by atoms with E-state index in [9.17, 15) is 9.59 Å². The number of rotatable bonds is 3. The van der Waals surface area contributed by atoms with E-state index in [2.05, 4.69) is 43.0 Å². The van der Waals surface area contributed by atoms with E-state index in [0.29, 0.717) is 23.6 Å². The highest BCUT2D eigenvalue weighted by atomic mass is 32.2. The van der Waals surface area contributed by atoms with E-state index in [-0.39, 0.29) is 17.9 Å². The van der Waals surface area contributed by atoms with Gasteiger partial charge in [-0.3, -0.25) is 9.59 Å². The molecular formula is C30H31N3O2S. The van der Waals surface area contributed by atoms with E-state index in [1.165, 1.54) is 23.0 Å². The number of piperazine rings is 1. The Hall–Kier alpha value is -3.51. The van der Waals surface area contributed by atoms with Crippen LogP contribution in [0.5, 0.6) is 0 Å². The van der Waals surface area contributed by atoms with Crippen molar-refractivity contribution in [3.63, 3.8) is 0 Å². The van der Waals surface area contributed by atoms with Crippen molar-refractivity contribution in [3.8, 4) is 0 Å². The van der Waals surface area contributed by atoms with E-state index in [4.69, 9.17) is 0 Å². The van der Waals surface area contributed by atoms with Crippen LogP contribution in [0, 0.1) is 13.8 Å².